The van der Waals surface area contributed by atoms with Gasteiger partial charge in [0.25, 0.3) is 0 Å². The summed E-state index contributed by atoms with van der Waals surface area (Å²) in [7, 11) is 0. The molecule has 0 aromatic carbocycles. The molecule has 78 valence electrons. The van der Waals surface area contributed by atoms with Gasteiger partial charge >= 0.3 is 0 Å². The van der Waals surface area contributed by atoms with Gasteiger partial charge in [-0.2, -0.15) is 11.8 Å². The van der Waals surface area contributed by atoms with Gasteiger partial charge in [-0.3, -0.25) is 4.98 Å². The molecule has 1 atom stereocenters. The van der Waals surface area contributed by atoms with Gasteiger partial charge in [0.1, 0.15) is 0 Å². The Morgan fingerprint density at radius 1 is 1.43 bits per heavy atom. The van der Waals surface area contributed by atoms with Crippen LogP contribution in [0, 0.1) is 5.92 Å². The smallest absolute Gasteiger partial charge is 0.0895 e. The molecule has 0 saturated carbocycles. The van der Waals surface area contributed by atoms with Crippen LogP contribution < -0.4 is 0 Å². The summed E-state index contributed by atoms with van der Waals surface area (Å²) in [5, 5.41) is 9.77. The Morgan fingerprint density at radius 3 is 2.79 bits per heavy atom. The molecule has 1 unspecified atom stereocenters. The summed E-state index contributed by atoms with van der Waals surface area (Å²) in [5.41, 5.74) is 0.906. The highest BCUT2D eigenvalue weighted by Gasteiger charge is 2.07. The Morgan fingerprint density at radius 2 is 2.21 bits per heavy atom. The number of rotatable bonds is 5. The zero-order valence-electron chi connectivity index (χ0n) is 8.68. The van der Waals surface area contributed by atoms with Crippen LogP contribution in [0.3, 0.4) is 0 Å². The minimum absolute atomic E-state index is 0.382. The van der Waals surface area contributed by atoms with Crippen molar-refractivity contribution in [1.82, 2.24) is 4.98 Å². The maximum atomic E-state index is 9.77. The molecule has 0 aliphatic heterocycles. The predicted molar refractivity (Wildman–Crippen MR) is 61.4 cm³/mol. The molecule has 0 amide bonds. The van der Waals surface area contributed by atoms with Crippen LogP contribution in [0.25, 0.3) is 0 Å². The van der Waals surface area contributed by atoms with Gasteiger partial charge in [-0.25, -0.2) is 0 Å². The quantitative estimate of drug-likeness (QED) is 0.812. The van der Waals surface area contributed by atoms with E-state index in [9.17, 15) is 5.11 Å². The summed E-state index contributed by atoms with van der Waals surface area (Å²) < 4.78 is 0. The molecule has 0 aliphatic rings. The van der Waals surface area contributed by atoms with Crippen molar-refractivity contribution in [1.29, 1.82) is 0 Å². The molecule has 1 aromatic rings. The van der Waals surface area contributed by atoms with Gasteiger partial charge < -0.3 is 5.11 Å². The largest absolute Gasteiger partial charge is 0.387 e. The number of aliphatic hydroxyl groups excluding tert-OH is 1. The minimum Gasteiger partial charge on any atom is -0.387 e. The second-order valence-electron chi connectivity index (χ2n) is 3.73. The first kappa shape index (κ1) is 11.5. The van der Waals surface area contributed by atoms with Gasteiger partial charge in [0.05, 0.1) is 6.10 Å². The lowest BCUT2D eigenvalue weighted by Crippen LogP contribution is -2.03. The molecular weight excluding hydrogens is 194 g/mol. The van der Waals surface area contributed by atoms with Crippen molar-refractivity contribution in [3.63, 3.8) is 0 Å². The average molecular weight is 211 g/mol. The third-order valence-electron chi connectivity index (χ3n) is 1.80. The summed E-state index contributed by atoms with van der Waals surface area (Å²) in [6.45, 7) is 4.37. The minimum atomic E-state index is -0.382. The van der Waals surface area contributed by atoms with E-state index in [1.165, 1.54) is 0 Å². The molecule has 0 radical (unpaired) electrons. The highest BCUT2D eigenvalue weighted by atomic mass is 32.2. The molecule has 0 saturated heterocycles. The van der Waals surface area contributed by atoms with Crippen LogP contribution in [0.4, 0.5) is 0 Å². The van der Waals surface area contributed by atoms with E-state index in [1.807, 2.05) is 12.1 Å². The van der Waals surface area contributed by atoms with Crippen molar-refractivity contribution < 1.29 is 5.11 Å². The van der Waals surface area contributed by atoms with Crippen molar-refractivity contribution >= 4 is 11.8 Å². The molecule has 1 rings (SSSR count). The normalized spacial score (nSPS) is 13.1. The SMILES string of the molecule is CC(C)CSCC(O)c1cccnc1. The Bertz CT molecular complexity index is 251. The van der Waals surface area contributed by atoms with E-state index >= 15 is 0 Å². The number of aliphatic hydroxyl groups is 1. The molecule has 1 aromatic heterocycles. The Hall–Kier alpha value is -0.540. The van der Waals surface area contributed by atoms with Crippen LogP contribution in [0.15, 0.2) is 24.5 Å². The second kappa shape index (κ2) is 6.04. The van der Waals surface area contributed by atoms with E-state index < -0.39 is 0 Å². The first-order valence-corrected chi connectivity index (χ1v) is 6.01. The molecular formula is C11H17NOS. The summed E-state index contributed by atoms with van der Waals surface area (Å²) in [5.74, 6) is 2.53. The zero-order chi connectivity index (χ0) is 10.4. The third kappa shape index (κ3) is 4.11. The Kier molecular flexibility index (Phi) is 4.98. The van der Waals surface area contributed by atoms with Crippen LogP contribution >= 0.6 is 11.8 Å². The van der Waals surface area contributed by atoms with E-state index in [1.54, 1.807) is 24.2 Å². The van der Waals surface area contributed by atoms with Crippen molar-refractivity contribution in [3.05, 3.63) is 30.1 Å². The van der Waals surface area contributed by atoms with E-state index in [4.69, 9.17) is 0 Å². The molecule has 14 heavy (non-hydrogen) atoms. The van der Waals surface area contributed by atoms with Gasteiger partial charge in [0.2, 0.25) is 0 Å². The number of thioether (sulfide) groups is 1. The van der Waals surface area contributed by atoms with E-state index in [0.717, 1.165) is 17.1 Å². The van der Waals surface area contributed by atoms with Crippen LogP contribution in [0.5, 0.6) is 0 Å². The van der Waals surface area contributed by atoms with Crippen LogP contribution in [-0.2, 0) is 0 Å². The van der Waals surface area contributed by atoms with Gasteiger partial charge in [-0.15, -0.1) is 0 Å². The Balaban J connectivity index is 2.32. The van der Waals surface area contributed by atoms with Gasteiger partial charge in [-0.05, 0) is 23.3 Å². The summed E-state index contributed by atoms with van der Waals surface area (Å²) in [6, 6.07) is 3.76. The zero-order valence-corrected chi connectivity index (χ0v) is 9.50. The third-order valence-corrected chi connectivity index (χ3v) is 3.25. The first-order valence-electron chi connectivity index (χ1n) is 4.86. The first-order chi connectivity index (χ1) is 6.70. The Labute approximate surface area is 89.8 Å². The number of aromatic nitrogens is 1. The van der Waals surface area contributed by atoms with E-state index in [2.05, 4.69) is 18.8 Å². The fourth-order valence-corrected chi connectivity index (χ4v) is 2.11. The van der Waals surface area contributed by atoms with Crippen molar-refractivity contribution in [3.8, 4) is 0 Å². The summed E-state index contributed by atoms with van der Waals surface area (Å²) in [6.07, 6.45) is 3.06. The van der Waals surface area contributed by atoms with Crippen molar-refractivity contribution in [2.75, 3.05) is 11.5 Å². The highest BCUT2D eigenvalue weighted by Crippen LogP contribution is 2.18. The molecule has 0 aliphatic carbocycles. The molecule has 0 fully saturated rings. The average Bonchev–Trinajstić information content (AvgIpc) is 2.18. The molecule has 3 heteroatoms. The fourth-order valence-electron chi connectivity index (χ4n) is 1.08. The summed E-state index contributed by atoms with van der Waals surface area (Å²) in [4.78, 5) is 3.98. The van der Waals surface area contributed by atoms with Crippen molar-refractivity contribution in [2.45, 2.75) is 20.0 Å². The van der Waals surface area contributed by atoms with E-state index in [0.29, 0.717) is 5.92 Å². The van der Waals surface area contributed by atoms with Crippen LogP contribution in [0.2, 0.25) is 0 Å². The van der Waals surface area contributed by atoms with Gasteiger partial charge in [0.15, 0.2) is 0 Å². The lowest BCUT2D eigenvalue weighted by atomic mass is 10.2. The lowest BCUT2D eigenvalue weighted by molar-refractivity contribution is 0.203. The maximum Gasteiger partial charge on any atom is 0.0895 e. The fraction of sp³-hybridized carbons (Fsp3) is 0.545. The second-order valence-corrected chi connectivity index (χ2v) is 4.81. The monoisotopic (exact) mass is 211 g/mol. The maximum absolute atomic E-state index is 9.77. The molecule has 2 nitrogen and oxygen atoms in total. The molecule has 0 spiro atoms. The number of nitrogens with zero attached hydrogens (tertiary/aromatic N) is 1. The lowest BCUT2D eigenvalue weighted by Gasteiger charge is -2.10. The van der Waals surface area contributed by atoms with Gasteiger partial charge in [-0.1, -0.05) is 19.9 Å². The number of hydrogen-bond acceptors (Lipinski definition) is 3. The predicted octanol–water partition coefficient (Wildman–Crippen LogP) is 2.50. The molecule has 1 N–H and O–H groups in total. The summed E-state index contributed by atoms with van der Waals surface area (Å²) >= 11 is 1.79. The van der Waals surface area contributed by atoms with E-state index in [-0.39, 0.29) is 6.10 Å². The highest BCUT2D eigenvalue weighted by molar-refractivity contribution is 7.99. The molecule has 0 bridgehead atoms. The van der Waals surface area contributed by atoms with Gasteiger partial charge in [0, 0.05) is 18.1 Å². The topological polar surface area (TPSA) is 33.1 Å². The number of pyridine rings is 1. The van der Waals surface area contributed by atoms with Crippen LogP contribution in [0.1, 0.15) is 25.5 Å². The standard InChI is InChI=1S/C11H17NOS/c1-9(2)7-14-8-11(13)10-4-3-5-12-6-10/h3-6,9,11,13H,7-8H2,1-2H3. The number of hydrogen-bond donors (Lipinski definition) is 1. The van der Waals surface area contributed by atoms with Crippen molar-refractivity contribution in [2.24, 2.45) is 5.92 Å². The molecule has 1 heterocycles. The van der Waals surface area contributed by atoms with Crippen LogP contribution in [-0.4, -0.2) is 21.6 Å².